The Morgan fingerprint density at radius 2 is 1.16 bits per heavy atom. The van der Waals surface area contributed by atoms with Crippen LogP contribution >= 0.6 is 0 Å². The summed E-state index contributed by atoms with van der Waals surface area (Å²) in [6.45, 7) is 5.67. The molecule has 0 aliphatic rings. The average Bonchev–Trinajstić information content (AvgIpc) is 3.84. The minimum atomic E-state index is -1.12. The molecule has 0 bridgehead atoms. The maximum absolute atomic E-state index is 12.9. The minimum absolute atomic E-state index is 0.0570. The summed E-state index contributed by atoms with van der Waals surface area (Å²) in [6, 6.07) is 34.2. The van der Waals surface area contributed by atoms with E-state index in [1.165, 1.54) is 4.68 Å². The third kappa shape index (κ3) is 9.71. The summed E-state index contributed by atoms with van der Waals surface area (Å²) in [5.41, 5.74) is 11.1. The van der Waals surface area contributed by atoms with Gasteiger partial charge in [0.15, 0.2) is 11.4 Å². The molecule has 57 heavy (non-hydrogen) atoms. The quantitative estimate of drug-likeness (QED) is 0.127. The van der Waals surface area contributed by atoms with Gasteiger partial charge >= 0.3 is 5.97 Å². The summed E-state index contributed by atoms with van der Waals surface area (Å²) >= 11 is 0. The number of ketones is 1. The zero-order valence-electron chi connectivity index (χ0n) is 31.3. The average molecular weight is 763 g/mol. The lowest BCUT2D eigenvalue weighted by molar-refractivity contribution is -0.137. The number of esters is 1. The van der Waals surface area contributed by atoms with E-state index in [0.717, 1.165) is 28.1 Å². The lowest BCUT2D eigenvalue weighted by Crippen LogP contribution is -2.47. The third-order valence-electron chi connectivity index (χ3n) is 8.44. The van der Waals surface area contributed by atoms with Gasteiger partial charge in [0.05, 0.1) is 18.0 Å². The number of primary amides is 1. The van der Waals surface area contributed by atoms with Crippen LogP contribution in [0.3, 0.4) is 0 Å². The lowest BCUT2D eigenvalue weighted by atomic mass is 10.0. The smallest absolute Gasteiger partial charge is 0.358 e. The van der Waals surface area contributed by atoms with E-state index in [0.29, 0.717) is 29.9 Å². The van der Waals surface area contributed by atoms with Crippen molar-refractivity contribution in [2.45, 2.75) is 33.2 Å². The Labute approximate surface area is 327 Å². The number of nitrogens with one attached hydrogen (secondary N) is 1. The number of carbonyl (C=O) groups excluding carboxylic acids is 4. The maximum Gasteiger partial charge on any atom is 0.358 e. The number of rotatable bonds is 12. The number of Topliss-reactive ketones (excluding diaryl/α,β-unsaturated/α-hetero) is 1. The number of hydrogen-bond acceptors (Lipinski definition) is 11. The van der Waals surface area contributed by atoms with Gasteiger partial charge in [-0.3, -0.25) is 14.4 Å². The van der Waals surface area contributed by atoms with Gasteiger partial charge < -0.3 is 15.8 Å². The SMILES string of the molecule is CCOC(=O)c1cc(C)n(-c2nccc(-c3ccccc3)n2)n1.Cc1cc(C(=O)NC(Cc2ccccc2)C(=O)C(N)=O)nn1-c1nccc(-c2ccccc2)n1. The van der Waals surface area contributed by atoms with Crippen LogP contribution in [0.4, 0.5) is 0 Å². The molecule has 0 fully saturated rings. The summed E-state index contributed by atoms with van der Waals surface area (Å²) in [4.78, 5) is 66.2. The Bertz CT molecular complexity index is 2500. The van der Waals surface area contributed by atoms with Crippen LogP contribution in [0.2, 0.25) is 0 Å². The predicted molar refractivity (Wildman–Crippen MR) is 210 cm³/mol. The van der Waals surface area contributed by atoms with E-state index in [-0.39, 0.29) is 17.8 Å². The van der Waals surface area contributed by atoms with E-state index in [4.69, 9.17) is 10.5 Å². The summed E-state index contributed by atoms with van der Waals surface area (Å²) in [5, 5.41) is 11.2. The molecular weight excluding hydrogens is 725 g/mol. The maximum atomic E-state index is 12.9. The molecule has 286 valence electrons. The van der Waals surface area contributed by atoms with Crippen molar-refractivity contribution in [2.75, 3.05) is 6.61 Å². The summed E-state index contributed by atoms with van der Waals surface area (Å²) < 4.78 is 7.96. The van der Waals surface area contributed by atoms with E-state index in [9.17, 15) is 19.2 Å². The van der Waals surface area contributed by atoms with Gasteiger partial charge in [-0.05, 0) is 50.6 Å². The molecule has 0 aliphatic heterocycles. The van der Waals surface area contributed by atoms with Crippen molar-refractivity contribution in [1.29, 1.82) is 0 Å². The van der Waals surface area contributed by atoms with E-state index in [1.54, 1.807) is 73.4 Å². The summed E-state index contributed by atoms with van der Waals surface area (Å²) in [5.74, 6) is -2.35. The number of amides is 2. The van der Waals surface area contributed by atoms with Crippen molar-refractivity contribution in [3.8, 4) is 34.4 Å². The fourth-order valence-corrected chi connectivity index (χ4v) is 5.67. The van der Waals surface area contributed by atoms with Gasteiger partial charge in [-0.25, -0.2) is 34.1 Å². The number of carbonyl (C=O) groups is 4. The topological polar surface area (TPSA) is 203 Å². The van der Waals surface area contributed by atoms with Crippen LogP contribution in [-0.4, -0.2) is 75.7 Å². The predicted octanol–water partition coefficient (Wildman–Crippen LogP) is 4.85. The Morgan fingerprint density at radius 1 is 0.684 bits per heavy atom. The van der Waals surface area contributed by atoms with Crippen molar-refractivity contribution >= 4 is 23.6 Å². The van der Waals surface area contributed by atoms with Gasteiger partial charge in [0.2, 0.25) is 5.78 Å². The number of benzene rings is 3. The van der Waals surface area contributed by atoms with Crippen molar-refractivity contribution in [3.05, 3.63) is 156 Å². The van der Waals surface area contributed by atoms with Crippen LogP contribution < -0.4 is 11.1 Å². The van der Waals surface area contributed by atoms with Crippen LogP contribution in [-0.2, 0) is 20.7 Å². The van der Waals surface area contributed by atoms with E-state index in [1.807, 2.05) is 79.7 Å². The molecule has 15 heteroatoms. The number of nitrogens with zero attached hydrogens (tertiary/aromatic N) is 8. The highest BCUT2D eigenvalue weighted by Crippen LogP contribution is 2.19. The minimum Gasteiger partial charge on any atom is -0.461 e. The second-order valence-electron chi connectivity index (χ2n) is 12.5. The van der Waals surface area contributed by atoms with Crippen molar-refractivity contribution < 1.29 is 23.9 Å². The highest BCUT2D eigenvalue weighted by Gasteiger charge is 2.27. The molecule has 1 unspecified atom stereocenters. The first kappa shape index (κ1) is 39.0. The van der Waals surface area contributed by atoms with Gasteiger partial charge in [0, 0.05) is 41.3 Å². The molecule has 1 atom stereocenters. The number of aromatic nitrogens is 8. The van der Waals surface area contributed by atoms with Crippen LogP contribution in [0.1, 0.15) is 44.9 Å². The molecule has 7 aromatic rings. The monoisotopic (exact) mass is 762 g/mol. The molecule has 2 amide bonds. The van der Waals surface area contributed by atoms with E-state index >= 15 is 0 Å². The summed E-state index contributed by atoms with van der Waals surface area (Å²) in [6.07, 6.45) is 3.42. The number of ether oxygens (including phenoxy) is 1. The fraction of sp³-hybridized carbons (Fsp3) is 0.143. The van der Waals surface area contributed by atoms with Crippen LogP contribution in [0.5, 0.6) is 0 Å². The van der Waals surface area contributed by atoms with Gasteiger partial charge in [-0.15, -0.1) is 0 Å². The number of aryl methyl sites for hydroxylation is 2. The first-order valence-corrected chi connectivity index (χ1v) is 17.9. The molecule has 7 rings (SSSR count). The standard InChI is InChI=1S/C25H22N6O3.C17H16N4O2/c1-16-14-21(24(34)28-20(22(32)23(26)33)15-17-8-4-2-5-9-17)30-31(16)25-27-13-12-19(29-25)18-10-6-3-7-11-18;1-3-23-16(22)15-11-12(2)21(20-15)17-18-10-9-14(19-17)13-7-5-4-6-8-13/h2-14,20H,15H2,1H3,(H2,26,33)(H,28,34);4-11H,3H2,1-2H3. The molecule has 0 aliphatic carbocycles. The highest BCUT2D eigenvalue weighted by atomic mass is 16.5. The van der Waals surface area contributed by atoms with Gasteiger partial charge in [-0.1, -0.05) is 91.0 Å². The van der Waals surface area contributed by atoms with Crippen LogP contribution in [0.25, 0.3) is 34.4 Å². The van der Waals surface area contributed by atoms with Crippen molar-refractivity contribution in [2.24, 2.45) is 5.73 Å². The lowest BCUT2D eigenvalue weighted by Gasteiger charge is -2.15. The normalized spacial score (nSPS) is 11.1. The zero-order valence-corrected chi connectivity index (χ0v) is 31.3. The van der Waals surface area contributed by atoms with E-state index in [2.05, 4.69) is 35.5 Å². The Morgan fingerprint density at radius 3 is 1.65 bits per heavy atom. The first-order valence-electron chi connectivity index (χ1n) is 17.9. The Hall–Kier alpha value is -7.68. The van der Waals surface area contributed by atoms with Crippen molar-refractivity contribution in [3.63, 3.8) is 0 Å². The van der Waals surface area contributed by atoms with Crippen LogP contribution in [0.15, 0.2) is 128 Å². The Balaban J connectivity index is 0.000000208. The van der Waals surface area contributed by atoms with Gasteiger partial charge in [-0.2, -0.15) is 10.2 Å². The molecule has 0 spiro atoms. The first-order chi connectivity index (χ1) is 27.6. The van der Waals surface area contributed by atoms with E-state index < -0.39 is 29.6 Å². The molecule has 0 saturated heterocycles. The molecule has 3 N–H and O–H groups in total. The fourth-order valence-electron chi connectivity index (χ4n) is 5.67. The molecule has 3 aromatic carbocycles. The number of nitrogens with two attached hydrogens (primary N) is 1. The summed E-state index contributed by atoms with van der Waals surface area (Å²) in [7, 11) is 0. The molecule has 0 radical (unpaired) electrons. The largest absolute Gasteiger partial charge is 0.461 e. The van der Waals surface area contributed by atoms with Crippen LogP contribution in [0, 0.1) is 13.8 Å². The highest BCUT2D eigenvalue weighted by molar-refractivity contribution is 6.38. The third-order valence-corrected chi connectivity index (χ3v) is 8.44. The van der Waals surface area contributed by atoms with Crippen molar-refractivity contribution in [1.82, 2.24) is 44.8 Å². The molecule has 0 saturated carbocycles. The number of hydrogen-bond donors (Lipinski definition) is 2. The zero-order chi connectivity index (χ0) is 40.3. The molecule has 4 aromatic heterocycles. The van der Waals surface area contributed by atoms with Gasteiger partial charge in [0.1, 0.15) is 6.04 Å². The second-order valence-corrected chi connectivity index (χ2v) is 12.5. The van der Waals surface area contributed by atoms with Gasteiger partial charge in [0.25, 0.3) is 23.7 Å². The molecule has 15 nitrogen and oxygen atoms in total. The second kappa shape index (κ2) is 18.1. The molecule has 4 heterocycles. The Kier molecular flexibility index (Phi) is 12.4. The molecular formula is C42H38N10O5.